The predicted octanol–water partition coefficient (Wildman–Crippen LogP) is 2.18. The maximum absolute atomic E-state index is 13.0. The highest BCUT2D eigenvalue weighted by Gasteiger charge is 2.50. The van der Waals surface area contributed by atoms with Crippen LogP contribution in [0.1, 0.15) is 52.9 Å². The largest absolute Gasteiger partial charge is 0.340 e. The van der Waals surface area contributed by atoms with Crippen molar-refractivity contribution in [3.05, 3.63) is 0 Å². The van der Waals surface area contributed by atoms with E-state index in [2.05, 4.69) is 5.32 Å². The van der Waals surface area contributed by atoms with Gasteiger partial charge >= 0.3 is 0 Å². The number of nitrogens with zero attached hydrogens (tertiary/aromatic N) is 1. The lowest BCUT2D eigenvalue weighted by atomic mass is 9.85. The molecular weight excluding hydrogens is 272 g/mol. The van der Waals surface area contributed by atoms with E-state index in [1.807, 2.05) is 37.4 Å². The van der Waals surface area contributed by atoms with E-state index >= 15 is 0 Å². The SMILES string of the molecule is CCC1C(=O)NC(CC)(CC)C(=O)N1C1CCSCC1. The fourth-order valence-electron chi connectivity index (χ4n) is 3.38. The zero-order chi connectivity index (χ0) is 14.8. The van der Waals surface area contributed by atoms with Gasteiger partial charge in [0.1, 0.15) is 11.6 Å². The Kier molecular flexibility index (Phi) is 4.99. The molecule has 4 nitrogen and oxygen atoms in total. The van der Waals surface area contributed by atoms with Crippen LogP contribution in [0.15, 0.2) is 0 Å². The molecule has 2 aliphatic heterocycles. The summed E-state index contributed by atoms with van der Waals surface area (Å²) in [6.45, 7) is 5.97. The number of hydrogen-bond donors (Lipinski definition) is 1. The van der Waals surface area contributed by atoms with Crippen LogP contribution in [0.2, 0.25) is 0 Å². The zero-order valence-corrected chi connectivity index (χ0v) is 13.6. The van der Waals surface area contributed by atoms with Gasteiger partial charge < -0.3 is 10.2 Å². The summed E-state index contributed by atoms with van der Waals surface area (Å²) < 4.78 is 0. The average molecular weight is 298 g/mol. The minimum Gasteiger partial charge on any atom is -0.340 e. The Morgan fingerprint density at radius 3 is 2.30 bits per heavy atom. The Bertz CT molecular complexity index is 376. The molecule has 2 amide bonds. The first-order valence-corrected chi connectivity index (χ1v) is 8.97. The zero-order valence-electron chi connectivity index (χ0n) is 12.8. The molecule has 1 atom stereocenters. The first kappa shape index (κ1) is 15.7. The number of rotatable bonds is 4. The lowest BCUT2D eigenvalue weighted by Crippen LogP contribution is -2.71. The Morgan fingerprint density at radius 1 is 1.20 bits per heavy atom. The highest BCUT2D eigenvalue weighted by Crippen LogP contribution is 2.32. The highest BCUT2D eigenvalue weighted by atomic mass is 32.2. The second kappa shape index (κ2) is 6.37. The van der Waals surface area contributed by atoms with Gasteiger partial charge in [0, 0.05) is 6.04 Å². The van der Waals surface area contributed by atoms with E-state index in [0.29, 0.717) is 19.3 Å². The van der Waals surface area contributed by atoms with E-state index in [0.717, 1.165) is 24.3 Å². The van der Waals surface area contributed by atoms with Crippen molar-refractivity contribution in [2.75, 3.05) is 11.5 Å². The molecule has 114 valence electrons. The van der Waals surface area contributed by atoms with Crippen molar-refractivity contribution < 1.29 is 9.59 Å². The second-order valence-electron chi connectivity index (χ2n) is 5.76. The average Bonchev–Trinajstić information content (AvgIpc) is 2.49. The van der Waals surface area contributed by atoms with Gasteiger partial charge in [-0.2, -0.15) is 11.8 Å². The van der Waals surface area contributed by atoms with Gasteiger partial charge in [-0.3, -0.25) is 9.59 Å². The van der Waals surface area contributed by atoms with E-state index in [1.165, 1.54) is 0 Å². The Hall–Kier alpha value is -0.710. The summed E-state index contributed by atoms with van der Waals surface area (Å²) in [4.78, 5) is 27.4. The van der Waals surface area contributed by atoms with Crippen LogP contribution in [-0.4, -0.2) is 45.8 Å². The minimum absolute atomic E-state index is 0.0361. The molecule has 0 saturated carbocycles. The molecule has 2 heterocycles. The summed E-state index contributed by atoms with van der Waals surface area (Å²) in [6.07, 6.45) is 4.07. The Labute approximate surface area is 126 Å². The van der Waals surface area contributed by atoms with Crippen LogP contribution in [-0.2, 0) is 9.59 Å². The summed E-state index contributed by atoms with van der Waals surface area (Å²) in [5, 5.41) is 3.01. The van der Waals surface area contributed by atoms with E-state index in [-0.39, 0.29) is 23.9 Å². The molecule has 2 aliphatic rings. The number of piperazine rings is 1. The molecule has 0 spiro atoms. The Morgan fingerprint density at radius 2 is 1.80 bits per heavy atom. The van der Waals surface area contributed by atoms with Gasteiger partial charge in [0.15, 0.2) is 0 Å². The summed E-state index contributed by atoms with van der Waals surface area (Å²) in [5.41, 5.74) is -0.673. The van der Waals surface area contributed by atoms with Crippen molar-refractivity contribution in [3.63, 3.8) is 0 Å². The maximum Gasteiger partial charge on any atom is 0.249 e. The van der Waals surface area contributed by atoms with Crippen LogP contribution < -0.4 is 5.32 Å². The number of amides is 2. The summed E-state index contributed by atoms with van der Waals surface area (Å²) in [6, 6.07) is -0.0287. The summed E-state index contributed by atoms with van der Waals surface area (Å²) in [7, 11) is 0. The van der Waals surface area contributed by atoms with Crippen LogP contribution in [0.25, 0.3) is 0 Å². The van der Waals surface area contributed by atoms with E-state index in [9.17, 15) is 9.59 Å². The van der Waals surface area contributed by atoms with E-state index in [4.69, 9.17) is 0 Å². The lowest BCUT2D eigenvalue weighted by molar-refractivity contribution is -0.158. The fourth-order valence-corrected chi connectivity index (χ4v) is 4.46. The molecule has 0 aromatic heterocycles. The number of hydrogen-bond acceptors (Lipinski definition) is 3. The van der Waals surface area contributed by atoms with E-state index in [1.54, 1.807) is 0 Å². The van der Waals surface area contributed by atoms with Gasteiger partial charge in [-0.05, 0) is 43.6 Å². The molecule has 1 N–H and O–H groups in total. The highest BCUT2D eigenvalue weighted by molar-refractivity contribution is 7.99. The number of thioether (sulfide) groups is 1. The van der Waals surface area contributed by atoms with Gasteiger partial charge in [0.05, 0.1) is 0 Å². The van der Waals surface area contributed by atoms with Crippen molar-refractivity contribution >= 4 is 23.6 Å². The van der Waals surface area contributed by atoms with Gasteiger partial charge in [-0.1, -0.05) is 20.8 Å². The molecule has 5 heteroatoms. The van der Waals surface area contributed by atoms with Crippen molar-refractivity contribution in [3.8, 4) is 0 Å². The van der Waals surface area contributed by atoms with Crippen molar-refractivity contribution in [2.24, 2.45) is 0 Å². The smallest absolute Gasteiger partial charge is 0.249 e. The van der Waals surface area contributed by atoms with E-state index < -0.39 is 5.54 Å². The topological polar surface area (TPSA) is 49.4 Å². The van der Waals surface area contributed by atoms with Gasteiger partial charge in [-0.25, -0.2) is 0 Å². The quantitative estimate of drug-likeness (QED) is 0.865. The van der Waals surface area contributed by atoms with Crippen LogP contribution in [0.5, 0.6) is 0 Å². The third-order valence-electron chi connectivity index (χ3n) is 4.82. The molecule has 0 bridgehead atoms. The van der Waals surface area contributed by atoms with Crippen molar-refractivity contribution in [2.45, 2.75) is 70.5 Å². The number of nitrogens with one attached hydrogen (secondary N) is 1. The summed E-state index contributed by atoms with van der Waals surface area (Å²) >= 11 is 1.95. The maximum atomic E-state index is 13.0. The molecule has 1 unspecified atom stereocenters. The molecule has 2 saturated heterocycles. The fraction of sp³-hybridized carbons (Fsp3) is 0.867. The molecule has 2 rings (SSSR count). The van der Waals surface area contributed by atoms with Gasteiger partial charge in [0.25, 0.3) is 0 Å². The molecule has 20 heavy (non-hydrogen) atoms. The standard InChI is InChI=1S/C15H26N2O2S/c1-4-12-13(18)16-15(5-2,6-3)14(19)17(12)11-7-9-20-10-8-11/h11-12H,4-10H2,1-3H3,(H,16,18). The monoisotopic (exact) mass is 298 g/mol. The normalized spacial score (nSPS) is 27.6. The van der Waals surface area contributed by atoms with Crippen LogP contribution in [0, 0.1) is 0 Å². The third-order valence-corrected chi connectivity index (χ3v) is 5.87. The third kappa shape index (κ3) is 2.57. The Balaban J connectivity index is 2.31. The molecule has 0 aromatic rings. The molecular formula is C15H26N2O2S. The molecule has 0 aromatic carbocycles. The second-order valence-corrected chi connectivity index (χ2v) is 6.98. The van der Waals surface area contributed by atoms with Crippen LogP contribution in [0.3, 0.4) is 0 Å². The number of carbonyl (C=O) groups is 2. The van der Waals surface area contributed by atoms with Gasteiger partial charge in [-0.15, -0.1) is 0 Å². The molecule has 0 radical (unpaired) electrons. The molecule has 0 aliphatic carbocycles. The minimum atomic E-state index is -0.673. The molecule has 2 fully saturated rings. The van der Waals surface area contributed by atoms with Crippen LogP contribution >= 0.6 is 11.8 Å². The first-order valence-electron chi connectivity index (χ1n) is 7.82. The van der Waals surface area contributed by atoms with Crippen molar-refractivity contribution in [1.29, 1.82) is 0 Å². The van der Waals surface area contributed by atoms with Crippen molar-refractivity contribution in [1.82, 2.24) is 10.2 Å². The van der Waals surface area contributed by atoms with Gasteiger partial charge in [0.2, 0.25) is 11.8 Å². The predicted molar refractivity (Wildman–Crippen MR) is 82.7 cm³/mol. The first-order chi connectivity index (χ1) is 9.59. The lowest BCUT2D eigenvalue weighted by Gasteiger charge is -2.49. The summed E-state index contributed by atoms with van der Waals surface area (Å²) in [5.74, 6) is 2.37. The number of carbonyl (C=O) groups excluding carboxylic acids is 2. The van der Waals surface area contributed by atoms with Crippen LogP contribution in [0.4, 0.5) is 0 Å².